The number of hydrogen-bond acceptors (Lipinski definition) is 3. The van der Waals surface area contributed by atoms with Crippen molar-refractivity contribution in [3.05, 3.63) is 64.7 Å². The number of piperidine rings is 2. The number of thiocarbonyl (C=S) groups is 1. The summed E-state index contributed by atoms with van der Waals surface area (Å²) in [6, 6.07) is 10.0. The normalized spacial score (nSPS) is 18.6. The largest absolute Gasteiger partial charge is 0.416 e. The van der Waals surface area contributed by atoms with Crippen LogP contribution in [0.3, 0.4) is 0 Å². The summed E-state index contributed by atoms with van der Waals surface area (Å²) >= 11 is 5.69. The Bertz CT molecular complexity index is 1080. The molecule has 0 bridgehead atoms. The molecular weight excluding hydrogens is 524 g/mol. The molecule has 0 aliphatic carbocycles. The monoisotopic (exact) mass is 557 g/mol. The fraction of sp³-hybridized carbons (Fsp3) is 0.536. The van der Waals surface area contributed by atoms with Gasteiger partial charge < -0.3 is 15.1 Å². The second-order valence-corrected chi connectivity index (χ2v) is 10.8. The van der Waals surface area contributed by atoms with Crippen LogP contribution in [0.4, 0.5) is 32.0 Å². The number of alkyl halides is 6. The Balaban J connectivity index is 1.17. The summed E-state index contributed by atoms with van der Waals surface area (Å²) in [4.78, 5) is 5.46. The Morgan fingerprint density at radius 2 is 1.50 bits per heavy atom. The maximum Gasteiger partial charge on any atom is 0.416 e. The highest BCUT2D eigenvalue weighted by atomic mass is 32.1. The van der Waals surface area contributed by atoms with Gasteiger partial charge in [-0.05, 0) is 87.0 Å². The predicted octanol–water partition coefficient (Wildman–Crippen LogP) is 7.51. The second-order valence-electron chi connectivity index (χ2n) is 10.3. The van der Waals surface area contributed by atoms with Gasteiger partial charge in [0.2, 0.25) is 0 Å². The van der Waals surface area contributed by atoms with Crippen molar-refractivity contribution in [3.8, 4) is 0 Å². The highest BCUT2D eigenvalue weighted by molar-refractivity contribution is 7.80. The molecule has 0 spiro atoms. The number of likely N-dealkylation sites (tertiary alicyclic amines) is 2. The lowest BCUT2D eigenvalue weighted by atomic mass is 9.89. The van der Waals surface area contributed by atoms with E-state index in [4.69, 9.17) is 12.2 Å². The third-order valence-corrected chi connectivity index (χ3v) is 8.16. The first-order valence-electron chi connectivity index (χ1n) is 13.0. The molecule has 0 radical (unpaired) electrons. The van der Waals surface area contributed by atoms with Gasteiger partial charge in [-0.3, -0.25) is 0 Å². The van der Waals surface area contributed by atoms with Crippen LogP contribution in [0.2, 0.25) is 0 Å². The van der Waals surface area contributed by atoms with Crippen molar-refractivity contribution in [3.63, 3.8) is 0 Å². The number of rotatable bonds is 6. The van der Waals surface area contributed by atoms with Gasteiger partial charge in [0.1, 0.15) is 0 Å². The Kier molecular flexibility index (Phi) is 8.92. The van der Waals surface area contributed by atoms with E-state index in [9.17, 15) is 26.3 Å². The van der Waals surface area contributed by atoms with Crippen LogP contribution >= 0.6 is 12.2 Å². The average molecular weight is 558 g/mol. The van der Waals surface area contributed by atoms with Crippen LogP contribution in [-0.2, 0) is 12.4 Å². The Morgan fingerprint density at radius 1 is 0.868 bits per heavy atom. The summed E-state index contributed by atoms with van der Waals surface area (Å²) in [5.41, 5.74) is 0.447. The maximum absolute atomic E-state index is 13.2. The highest BCUT2D eigenvalue weighted by Crippen LogP contribution is 2.35. The van der Waals surface area contributed by atoms with E-state index in [1.807, 2.05) is 0 Å². The molecule has 208 valence electrons. The van der Waals surface area contributed by atoms with Crippen molar-refractivity contribution < 1.29 is 26.3 Å². The molecule has 2 aromatic rings. The molecule has 0 unspecified atom stereocenters. The quantitative estimate of drug-likeness (QED) is 0.293. The number of halogens is 6. The summed E-state index contributed by atoms with van der Waals surface area (Å²) in [6.07, 6.45) is -4.50. The molecule has 0 aromatic heterocycles. The Labute approximate surface area is 225 Å². The van der Waals surface area contributed by atoms with Gasteiger partial charge in [-0.2, -0.15) is 26.3 Å². The van der Waals surface area contributed by atoms with Crippen molar-refractivity contribution in [2.24, 2.45) is 0 Å². The molecule has 2 aliphatic heterocycles. The average Bonchev–Trinajstić information content (AvgIpc) is 2.88. The van der Waals surface area contributed by atoms with E-state index in [0.717, 1.165) is 75.4 Å². The van der Waals surface area contributed by atoms with E-state index in [-0.39, 0.29) is 17.5 Å². The predicted molar refractivity (Wildman–Crippen MR) is 141 cm³/mol. The summed E-state index contributed by atoms with van der Waals surface area (Å²) < 4.78 is 78.1. The fourth-order valence-electron chi connectivity index (χ4n) is 5.37. The molecule has 2 saturated heterocycles. The van der Waals surface area contributed by atoms with Gasteiger partial charge in [0, 0.05) is 37.8 Å². The van der Waals surface area contributed by atoms with Crippen molar-refractivity contribution in [2.75, 3.05) is 38.0 Å². The van der Waals surface area contributed by atoms with Crippen LogP contribution in [0.5, 0.6) is 0 Å². The highest BCUT2D eigenvalue weighted by Gasteiger charge is 2.33. The van der Waals surface area contributed by atoms with E-state index in [2.05, 4.69) is 15.1 Å². The van der Waals surface area contributed by atoms with Crippen molar-refractivity contribution >= 4 is 22.9 Å². The molecule has 0 atom stereocenters. The van der Waals surface area contributed by atoms with Crippen LogP contribution in [0, 0.1) is 6.92 Å². The van der Waals surface area contributed by atoms with Crippen molar-refractivity contribution in [2.45, 2.75) is 63.3 Å². The van der Waals surface area contributed by atoms with Crippen LogP contribution in [0.1, 0.15) is 60.3 Å². The van der Waals surface area contributed by atoms with Crippen LogP contribution in [0.15, 0.2) is 42.5 Å². The van der Waals surface area contributed by atoms with E-state index in [0.29, 0.717) is 5.69 Å². The van der Waals surface area contributed by atoms with E-state index in [1.54, 1.807) is 18.2 Å². The lowest BCUT2D eigenvalue weighted by molar-refractivity contribution is -0.138. The van der Waals surface area contributed by atoms with Gasteiger partial charge >= 0.3 is 12.4 Å². The fourth-order valence-corrected chi connectivity index (χ4v) is 5.65. The van der Waals surface area contributed by atoms with Gasteiger partial charge in [-0.15, -0.1) is 0 Å². The topological polar surface area (TPSA) is 18.5 Å². The van der Waals surface area contributed by atoms with Crippen LogP contribution < -0.4 is 5.32 Å². The lowest BCUT2D eigenvalue weighted by Gasteiger charge is -2.36. The van der Waals surface area contributed by atoms with Gasteiger partial charge in [-0.1, -0.05) is 30.4 Å². The third-order valence-electron chi connectivity index (χ3n) is 7.70. The zero-order chi connectivity index (χ0) is 27.5. The van der Waals surface area contributed by atoms with Gasteiger partial charge in [0.05, 0.1) is 16.1 Å². The van der Waals surface area contributed by atoms with Crippen LogP contribution in [-0.4, -0.2) is 53.6 Å². The zero-order valence-electron chi connectivity index (χ0n) is 21.3. The van der Waals surface area contributed by atoms with Crippen molar-refractivity contribution in [1.29, 1.82) is 0 Å². The van der Waals surface area contributed by atoms with Gasteiger partial charge in [0.25, 0.3) is 0 Å². The van der Waals surface area contributed by atoms with Gasteiger partial charge in [0.15, 0.2) is 0 Å². The molecule has 0 saturated carbocycles. The minimum absolute atomic E-state index is 0.0991. The minimum atomic E-state index is -4.37. The van der Waals surface area contributed by atoms with Crippen molar-refractivity contribution in [1.82, 2.24) is 9.80 Å². The Morgan fingerprint density at radius 3 is 2.08 bits per heavy atom. The molecule has 1 N–H and O–H groups in total. The summed E-state index contributed by atoms with van der Waals surface area (Å²) in [5, 5.41) is 3.26. The summed E-state index contributed by atoms with van der Waals surface area (Å²) in [7, 11) is 0. The lowest BCUT2D eigenvalue weighted by Crippen LogP contribution is -2.43. The number of benzene rings is 2. The molecular formula is C28H33F6N3S. The molecule has 2 fully saturated rings. The van der Waals surface area contributed by atoms with Gasteiger partial charge in [-0.25, -0.2) is 0 Å². The first-order valence-corrected chi connectivity index (χ1v) is 13.4. The molecule has 2 aromatic carbocycles. The number of nitrogens with one attached hydrogen (secondary N) is 1. The summed E-state index contributed by atoms with van der Waals surface area (Å²) in [5.74, 6) is 0.271. The minimum Gasteiger partial charge on any atom is -0.382 e. The zero-order valence-corrected chi connectivity index (χ0v) is 22.2. The van der Waals surface area contributed by atoms with E-state index in [1.165, 1.54) is 31.2 Å². The third kappa shape index (κ3) is 7.40. The molecule has 2 heterocycles. The molecule has 10 heteroatoms. The Hall–Kier alpha value is -2.33. The first-order chi connectivity index (χ1) is 17.9. The maximum atomic E-state index is 13.2. The number of hydrogen-bond donors (Lipinski definition) is 1. The molecule has 38 heavy (non-hydrogen) atoms. The number of anilines is 1. The standard InChI is InChI=1S/C28H33F6N3S/c1-19-2-7-24(18-25(19)28(32,33)34)35-23-10-16-37(17-11-23)26(38)12-15-36-13-8-21(9-14-36)20-3-5-22(6-4-20)27(29,30)31/h2-7,18,21,23,35H,8-17H2,1H3. The first kappa shape index (κ1) is 28.7. The molecule has 4 rings (SSSR count). The second kappa shape index (κ2) is 11.8. The smallest absolute Gasteiger partial charge is 0.382 e. The summed E-state index contributed by atoms with van der Waals surface area (Å²) in [6.45, 7) is 5.62. The van der Waals surface area contributed by atoms with E-state index >= 15 is 0 Å². The van der Waals surface area contributed by atoms with Crippen LogP contribution in [0.25, 0.3) is 0 Å². The molecule has 3 nitrogen and oxygen atoms in total. The number of aryl methyl sites for hydroxylation is 1. The molecule has 0 amide bonds. The van der Waals surface area contributed by atoms with E-state index < -0.39 is 23.5 Å². The number of nitrogens with zero attached hydrogens (tertiary/aromatic N) is 2. The SMILES string of the molecule is Cc1ccc(NC2CCN(C(=S)CCN3CCC(c4ccc(C(F)(F)F)cc4)CC3)CC2)cc1C(F)(F)F. The molecule has 2 aliphatic rings.